The molecule has 6 nitrogen and oxygen atoms in total. The van der Waals surface area contributed by atoms with Crippen LogP contribution in [-0.4, -0.2) is 57.7 Å². The summed E-state index contributed by atoms with van der Waals surface area (Å²) < 4.78 is 10.9. The van der Waals surface area contributed by atoms with Crippen molar-refractivity contribution in [3.63, 3.8) is 0 Å². The van der Waals surface area contributed by atoms with E-state index in [1.807, 2.05) is 32.0 Å². The first-order valence-corrected chi connectivity index (χ1v) is 7.01. The second kappa shape index (κ2) is 6.72. The van der Waals surface area contributed by atoms with Gasteiger partial charge in [-0.2, -0.15) is 0 Å². The highest BCUT2D eigenvalue weighted by Gasteiger charge is 2.44. The van der Waals surface area contributed by atoms with E-state index in [-0.39, 0.29) is 0 Å². The number of hydrogen-bond acceptors (Lipinski definition) is 6. The number of rotatable bonds is 4. The molecule has 1 heterocycles. The van der Waals surface area contributed by atoms with Gasteiger partial charge in [0.05, 0.1) is 6.61 Å². The van der Waals surface area contributed by atoms with Gasteiger partial charge in [-0.3, -0.25) is 0 Å². The van der Waals surface area contributed by atoms with E-state index in [2.05, 4.69) is 0 Å². The topological polar surface area (TPSA) is 99.4 Å². The second-order valence-electron chi connectivity index (χ2n) is 5.54. The minimum atomic E-state index is -1.44. The van der Waals surface area contributed by atoms with Gasteiger partial charge in [0.15, 0.2) is 0 Å². The molecule has 118 valence electrons. The van der Waals surface area contributed by atoms with Gasteiger partial charge in [0.2, 0.25) is 6.29 Å². The summed E-state index contributed by atoms with van der Waals surface area (Å²) in [6, 6.07) is 7.33. The second-order valence-corrected chi connectivity index (χ2v) is 5.54. The van der Waals surface area contributed by atoms with E-state index in [1.165, 1.54) is 0 Å². The zero-order valence-electron chi connectivity index (χ0n) is 12.1. The van der Waals surface area contributed by atoms with Crippen LogP contribution >= 0.6 is 0 Å². The smallest absolute Gasteiger partial charge is 0.229 e. The Labute approximate surface area is 123 Å². The van der Waals surface area contributed by atoms with Crippen LogP contribution in [0.2, 0.25) is 0 Å². The van der Waals surface area contributed by atoms with Crippen molar-refractivity contribution in [3.05, 3.63) is 29.8 Å². The van der Waals surface area contributed by atoms with Crippen LogP contribution in [0.5, 0.6) is 5.75 Å². The van der Waals surface area contributed by atoms with Gasteiger partial charge in [-0.15, -0.1) is 0 Å². The Morgan fingerprint density at radius 1 is 1.14 bits per heavy atom. The molecule has 1 aliphatic heterocycles. The van der Waals surface area contributed by atoms with E-state index in [4.69, 9.17) is 14.6 Å². The maximum Gasteiger partial charge on any atom is 0.229 e. The third-order valence-corrected chi connectivity index (χ3v) is 3.63. The number of ether oxygens (including phenoxy) is 2. The summed E-state index contributed by atoms with van der Waals surface area (Å²) in [6.45, 7) is 3.62. The summed E-state index contributed by atoms with van der Waals surface area (Å²) in [4.78, 5) is 0. The van der Waals surface area contributed by atoms with Gasteiger partial charge in [0, 0.05) is 0 Å². The molecule has 2 rings (SSSR count). The molecule has 0 spiro atoms. The van der Waals surface area contributed by atoms with Crippen molar-refractivity contribution in [2.75, 3.05) is 6.61 Å². The lowest BCUT2D eigenvalue weighted by Gasteiger charge is -2.39. The molecule has 1 fully saturated rings. The Bertz CT molecular complexity index is 461. The predicted molar refractivity (Wildman–Crippen MR) is 74.9 cm³/mol. The van der Waals surface area contributed by atoms with Crippen molar-refractivity contribution < 1.29 is 29.9 Å². The minimum Gasteiger partial charge on any atom is -0.462 e. The Morgan fingerprint density at radius 3 is 2.48 bits per heavy atom. The zero-order chi connectivity index (χ0) is 15.6. The first-order chi connectivity index (χ1) is 9.93. The minimum absolute atomic E-state index is 0.323. The molecular weight excluding hydrogens is 276 g/mol. The van der Waals surface area contributed by atoms with E-state index in [0.29, 0.717) is 11.7 Å². The molecule has 0 bridgehead atoms. The molecule has 1 aromatic rings. The number of benzene rings is 1. The van der Waals surface area contributed by atoms with Crippen molar-refractivity contribution >= 4 is 0 Å². The fraction of sp³-hybridized carbons (Fsp3) is 0.600. The highest BCUT2D eigenvalue weighted by Crippen LogP contribution is 2.26. The molecule has 1 aliphatic rings. The van der Waals surface area contributed by atoms with Crippen molar-refractivity contribution in [3.8, 4) is 5.75 Å². The van der Waals surface area contributed by atoms with Crippen molar-refractivity contribution in [2.45, 2.75) is 50.5 Å². The Morgan fingerprint density at radius 2 is 1.86 bits per heavy atom. The maximum atomic E-state index is 9.92. The number of aliphatic hydroxyl groups excluding tert-OH is 4. The Balaban J connectivity index is 2.12. The van der Waals surface area contributed by atoms with Gasteiger partial charge >= 0.3 is 0 Å². The van der Waals surface area contributed by atoms with Gasteiger partial charge in [0.1, 0.15) is 30.2 Å². The zero-order valence-corrected chi connectivity index (χ0v) is 12.1. The lowest BCUT2D eigenvalue weighted by Crippen LogP contribution is -2.60. The molecular formula is C15H22O6. The predicted octanol–water partition coefficient (Wildman–Crippen LogP) is -0.0113. The van der Waals surface area contributed by atoms with E-state index in [1.54, 1.807) is 6.07 Å². The van der Waals surface area contributed by atoms with E-state index in [9.17, 15) is 15.3 Å². The van der Waals surface area contributed by atoms with Gasteiger partial charge in [0.25, 0.3) is 0 Å². The molecule has 6 heteroatoms. The average molecular weight is 298 g/mol. The van der Waals surface area contributed by atoms with E-state index in [0.717, 1.165) is 5.56 Å². The highest BCUT2D eigenvalue weighted by atomic mass is 16.7. The van der Waals surface area contributed by atoms with E-state index < -0.39 is 37.3 Å². The van der Waals surface area contributed by atoms with Crippen molar-refractivity contribution in [1.29, 1.82) is 0 Å². The normalized spacial score (nSPS) is 33.2. The van der Waals surface area contributed by atoms with Crippen molar-refractivity contribution in [1.82, 2.24) is 0 Å². The summed E-state index contributed by atoms with van der Waals surface area (Å²) in [5.41, 5.74) is 1.07. The molecule has 5 unspecified atom stereocenters. The van der Waals surface area contributed by atoms with Crippen LogP contribution in [0, 0.1) is 0 Å². The van der Waals surface area contributed by atoms with Gasteiger partial charge in [-0.1, -0.05) is 26.0 Å². The van der Waals surface area contributed by atoms with Gasteiger partial charge in [-0.05, 0) is 23.6 Å². The molecule has 4 N–H and O–H groups in total. The monoisotopic (exact) mass is 298 g/mol. The summed E-state index contributed by atoms with van der Waals surface area (Å²) >= 11 is 0. The van der Waals surface area contributed by atoms with Crippen LogP contribution in [0.3, 0.4) is 0 Å². The SMILES string of the molecule is CC(C)c1cccc(OC2OC(CO)C(O)C(O)C2O)c1. The molecule has 5 atom stereocenters. The first-order valence-electron chi connectivity index (χ1n) is 7.01. The molecule has 0 aromatic heterocycles. The fourth-order valence-corrected chi connectivity index (χ4v) is 2.25. The van der Waals surface area contributed by atoms with Gasteiger partial charge < -0.3 is 29.9 Å². The van der Waals surface area contributed by atoms with Crippen LogP contribution in [-0.2, 0) is 4.74 Å². The lowest BCUT2D eigenvalue weighted by molar-refractivity contribution is -0.277. The molecule has 1 saturated heterocycles. The summed E-state index contributed by atoms with van der Waals surface area (Å²) in [6.07, 6.45) is -6.34. The highest BCUT2D eigenvalue weighted by molar-refractivity contribution is 5.30. The van der Waals surface area contributed by atoms with Crippen LogP contribution < -0.4 is 4.74 Å². The van der Waals surface area contributed by atoms with Crippen LogP contribution in [0.25, 0.3) is 0 Å². The van der Waals surface area contributed by atoms with Crippen LogP contribution in [0.4, 0.5) is 0 Å². The number of aliphatic hydroxyl groups is 4. The van der Waals surface area contributed by atoms with Crippen LogP contribution in [0.15, 0.2) is 24.3 Å². The van der Waals surface area contributed by atoms with Gasteiger partial charge in [-0.25, -0.2) is 0 Å². The van der Waals surface area contributed by atoms with Crippen LogP contribution in [0.1, 0.15) is 25.3 Å². The summed E-state index contributed by atoms with van der Waals surface area (Å²) in [7, 11) is 0. The molecule has 1 aromatic carbocycles. The molecule has 0 saturated carbocycles. The van der Waals surface area contributed by atoms with Crippen molar-refractivity contribution in [2.24, 2.45) is 0 Å². The average Bonchev–Trinajstić information content (AvgIpc) is 2.48. The maximum absolute atomic E-state index is 9.92. The Kier molecular flexibility index (Phi) is 5.18. The number of hydrogen-bond donors (Lipinski definition) is 4. The van der Waals surface area contributed by atoms with E-state index >= 15 is 0 Å². The quantitative estimate of drug-likeness (QED) is 0.624. The molecule has 0 aliphatic carbocycles. The first kappa shape index (κ1) is 16.2. The third kappa shape index (κ3) is 3.53. The summed E-state index contributed by atoms with van der Waals surface area (Å²) in [5, 5.41) is 38.5. The standard InChI is InChI=1S/C15H22O6/c1-8(2)9-4-3-5-10(6-9)20-15-14(19)13(18)12(17)11(7-16)21-15/h3-6,8,11-19H,7H2,1-2H3. The Hall–Kier alpha value is -1.18. The fourth-order valence-electron chi connectivity index (χ4n) is 2.25. The summed E-state index contributed by atoms with van der Waals surface area (Å²) in [5.74, 6) is 0.814. The lowest BCUT2D eigenvalue weighted by atomic mass is 9.99. The molecule has 0 radical (unpaired) electrons. The molecule has 0 amide bonds. The largest absolute Gasteiger partial charge is 0.462 e. The molecule has 21 heavy (non-hydrogen) atoms. The third-order valence-electron chi connectivity index (χ3n) is 3.63.